The van der Waals surface area contributed by atoms with Crippen molar-refractivity contribution < 1.29 is 4.74 Å². The number of hydrogen-bond donors (Lipinski definition) is 2. The molecule has 0 radical (unpaired) electrons. The summed E-state index contributed by atoms with van der Waals surface area (Å²) in [7, 11) is 0. The molecule has 0 saturated carbocycles. The second-order valence-electron chi connectivity index (χ2n) is 4.82. The molecule has 2 aromatic carbocycles. The van der Waals surface area contributed by atoms with Crippen molar-refractivity contribution in [2.24, 2.45) is 0 Å². The number of imidazole rings is 2. The van der Waals surface area contributed by atoms with Crippen molar-refractivity contribution >= 4 is 33.8 Å². The summed E-state index contributed by atoms with van der Waals surface area (Å²) in [4.78, 5) is 15.3. The van der Waals surface area contributed by atoms with Gasteiger partial charge >= 0.3 is 0 Å². The third-order valence-corrected chi connectivity index (χ3v) is 4.13. The maximum Gasteiger partial charge on any atom is 0.294 e. The molecule has 0 aliphatic carbocycles. The molecule has 0 amide bonds. The Balaban J connectivity index is 1.35. The van der Waals surface area contributed by atoms with Crippen LogP contribution in [-0.2, 0) is 0 Å². The summed E-state index contributed by atoms with van der Waals surface area (Å²) in [5, 5.41) is 0.911. The Morgan fingerprint density at radius 1 is 0.864 bits per heavy atom. The van der Waals surface area contributed by atoms with E-state index < -0.39 is 0 Å². The number of benzene rings is 2. The maximum atomic E-state index is 5.66. The second kappa shape index (κ2) is 5.73. The van der Waals surface area contributed by atoms with Gasteiger partial charge in [-0.2, -0.15) is 4.98 Å². The van der Waals surface area contributed by atoms with E-state index in [1.54, 1.807) is 11.8 Å². The molecule has 0 unspecified atom stereocenters. The highest BCUT2D eigenvalue weighted by atomic mass is 32.2. The van der Waals surface area contributed by atoms with Crippen LogP contribution in [0.15, 0.2) is 53.7 Å². The molecule has 0 aliphatic heterocycles. The smallest absolute Gasteiger partial charge is 0.294 e. The summed E-state index contributed by atoms with van der Waals surface area (Å²) in [5.41, 5.74) is 3.95. The van der Waals surface area contributed by atoms with Crippen LogP contribution >= 0.6 is 11.8 Å². The maximum absolute atomic E-state index is 5.66. The third-order valence-electron chi connectivity index (χ3n) is 3.30. The number of thioether (sulfide) groups is 1. The Labute approximate surface area is 131 Å². The number of para-hydroxylation sites is 4. The molecule has 22 heavy (non-hydrogen) atoms. The molecule has 0 spiro atoms. The minimum Gasteiger partial charge on any atom is -0.464 e. The van der Waals surface area contributed by atoms with Gasteiger partial charge in [0.05, 0.1) is 22.1 Å². The average Bonchev–Trinajstić information content (AvgIpc) is 3.14. The summed E-state index contributed by atoms with van der Waals surface area (Å²) >= 11 is 1.64. The lowest BCUT2D eigenvalue weighted by atomic mass is 10.3. The van der Waals surface area contributed by atoms with Gasteiger partial charge in [0.2, 0.25) is 0 Å². The molecule has 2 N–H and O–H groups in total. The normalized spacial score (nSPS) is 11.3. The molecular formula is C16H14N4OS. The predicted molar refractivity (Wildman–Crippen MR) is 88.4 cm³/mol. The molecule has 0 atom stereocenters. The molecule has 2 aromatic heterocycles. The third kappa shape index (κ3) is 2.65. The van der Waals surface area contributed by atoms with Crippen molar-refractivity contribution in [3.05, 3.63) is 48.5 Å². The number of aromatic nitrogens is 4. The van der Waals surface area contributed by atoms with Gasteiger partial charge in [0.25, 0.3) is 6.01 Å². The fourth-order valence-electron chi connectivity index (χ4n) is 2.27. The minimum absolute atomic E-state index is 0.561. The van der Waals surface area contributed by atoms with Gasteiger partial charge in [-0.1, -0.05) is 36.0 Å². The van der Waals surface area contributed by atoms with E-state index in [9.17, 15) is 0 Å². The van der Waals surface area contributed by atoms with Crippen LogP contribution in [0, 0.1) is 0 Å². The summed E-state index contributed by atoms with van der Waals surface area (Å²) in [6.07, 6.45) is 0. The van der Waals surface area contributed by atoms with Gasteiger partial charge in [0.15, 0.2) is 5.16 Å². The van der Waals surface area contributed by atoms with Gasteiger partial charge in [0, 0.05) is 5.75 Å². The lowest BCUT2D eigenvalue weighted by Gasteiger charge is -2.00. The van der Waals surface area contributed by atoms with E-state index in [0.717, 1.165) is 33.0 Å². The SMILES string of the molecule is c1ccc2[nH]c(OCCSc3nc4ccccc4[nH]3)nc2c1. The molecule has 2 heterocycles. The van der Waals surface area contributed by atoms with E-state index in [-0.39, 0.29) is 0 Å². The Kier molecular flexibility index (Phi) is 3.44. The van der Waals surface area contributed by atoms with Crippen molar-refractivity contribution in [1.82, 2.24) is 19.9 Å². The number of H-pyrrole nitrogens is 2. The highest BCUT2D eigenvalue weighted by Gasteiger charge is 2.04. The number of rotatable bonds is 5. The van der Waals surface area contributed by atoms with Crippen molar-refractivity contribution in [2.75, 3.05) is 12.4 Å². The van der Waals surface area contributed by atoms with E-state index in [2.05, 4.69) is 19.9 Å². The Hall–Kier alpha value is -2.47. The fraction of sp³-hybridized carbons (Fsp3) is 0.125. The number of hydrogen-bond acceptors (Lipinski definition) is 4. The lowest BCUT2D eigenvalue weighted by Crippen LogP contribution is -2.01. The number of ether oxygens (including phenoxy) is 1. The van der Waals surface area contributed by atoms with E-state index in [0.29, 0.717) is 12.6 Å². The highest BCUT2D eigenvalue weighted by molar-refractivity contribution is 7.99. The molecule has 0 fully saturated rings. The minimum atomic E-state index is 0.561. The van der Waals surface area contributed by atoms with Gasteiger partial charge in [-0.05, 0) is 24.3 Å². The van der Waals surface area contributed by atoms with Crippen molar-refractivity contribution in [1.29, 1.82) is 0 Å². The van der Waals surface area contributed by atoms with Gasteiger partial charge in [0.1, 0.15) is 6.61 Å². The fourth-order valence-corrected chi connectivity index (χ4v) is 2.98. The molecule has 0 aliphatic rings. The first-order chi connectivity index (χ1) is 10.9. The molecule has 0 bridgehead atoms. The monoisotopic (exact) mass is 310 g/mol. The zero-order valence-corrected chi connectivity index (χ0v) is 12.6. The van der Waals surface area contributed by atoms with Crippen LogP contribution in [0.1, 0.15) is 0 Å². The number of aromatic amines is 2. The standard InChI is InChI=1S/C16H14N4OS/c1-2-6-12-11(5-1)17-15(18-12)21-9-10-22-16-19-13-7-3-4-8-14(13)20-16/h1-8H,9-10H2,(H,17,18)(H,19,20). The topological polar surface area (TPSA) is 66.6 Å². The number of nitrogens with one attached hydrogen (secondary N) is 2. The average molecular weight is 310 g/mol. The van der Waals surface area contributed by atoms with Crippen molar-refractivity contribution in [3.63, 3.8) is 0 Å². The zero-order chi connectivity index (χ0) is 14.8. The number of nitrogens with zero attached hydrogens (tertiary/aromatic N) is 2. The van der Waals surface area contributed by atoms with Crippen LogP contribution in [0.4, 0.5) is 0 Å². The van der Waals surface area contributed by atoms with E-state index >= 15 is 0 Å². The summed E-state index contributed by atoms with van der Waals surface area (Å²) in [6.45, 7) is 0.571. The Bertz CT molecular complexity index is 772. The van der Waals surface area contributed by atoms with Crippen LogP contribution in [0.3, 0.4) is 0 Å². The second-order valence-corrected chi connectivity index (χ2v) is 5.90. The van der Waals surface area contributed by atoms with Crippen LogP contribution in [0.5, 0.6) is 6.01 Å². The molecule has 5 nitrogen and oxygen atoms in total. The van der Waals surface area contributed by atoms with Crippen LogP contribution in [-0.4, -0.2) is 32.3 Å². The number of fused-ring (bicyclic) bond motifs is 2. The first-order valence-electron chi connectivity index (χ1n) is 7.03. The molecule has 4 rings (SSSR count). The van der Waals surface area contributed by atoms with E-state index in [4.69, 9.17) is 4.74 Å². The predicted octanol–water partition coefficient (Wildman–Crippen LogP) is 3.61. The molecule has 0 saturated heterocycles. The first-order valence-corrected chi connectivity index (χ1v) is 8.02. The molecule has 110 valence electrons. The first kappa shape index (κ1) is 13.2. The summed E-state index contributed by atoms with van der Waals surface area (Å²) < 4.78 is 5.66. The van der Waals surface area contributed by atoms with Gasteiger partial charge < -0.3 is 14.7 Å². The van der Waals surface area contributed by atoms with E-state index in [1.807, 2.05) is 48.5 Å². The molecule has 6 heteroatoms. The molecular weight excluding hydrogens is 296 g/mol. The van der Waals surface area contributed by atoms with Crippen molar-refractivity contribution in [2.45, 2.75) is 5.16 Å². The van der Waals surface area contributed by atoms with Crippen LogP contribution in [0.2, 0.25) is 0 Å². The largest absolute Gasteiger partial charge is 0.464 e. The zero-order valence-electron chi connectivity index (χ0n) is 11.7. The van der Waals surface area contributed by atoms with Gasteiger partial charge in [-0.15, -0.1) is 0 Å². The van der Waals surface area contributed by atoms with Gasteiger partial charge in [-0.25, -0.2) is 4.98 Å². The lowest BCUT2D eigenvalue weighted by molar-refractivity contribution is 0.320. The van der Waals surface area contributed by atoms with Crippen molar-refractivity contribution in [3.8, 4) is 6.01 Å². The quantitative estimate of drug-likeness (QED) is 0.436. The summed E-state index contributed by atoms with van der Waals surface area (Å²) in [5.74, 6) is 0.802. The van der Waals surface area contributed by atoms with Gasteiger partial charge in [-0.3, -0.25) is 0 Å². The van der Waals surface area contributed by atoms with Crippen LogP contribution < -0.4 is 4.74 Å². The summed E-state index contributed by atoms with van der Waals surface area (Å²) in [6, 6.07) is 16.5. The van der Waals surface area contributed by atoms with E-state index in [1.165, 1.54) is 0 Å². The Morgan fingerprint density at radius 2 is 1.55 bits per heavy atom. The van der Waals surface area contributed by atoms with Crippen LogP contribution in [0.25, 0.3) is 22.1 Å². The highest BCUT2D eigenvalue weighted by Crippen LogP contribution is 2.19. The molecule has 4 aromatic rings. The Morgan fingerprint density at radius 3 is 2.27 bits per heavy atom.